The van der Waals surface area contributed by atoms with Gasteiger partial charge in [0.2, 0.25) is 5.91 Å². The van der Waals surface area contributed by atoms with Crippen LogP contribution in [0.5, 0.6) is 0 Å². The molecule has 1 fully saturated rings. The second-order valence-electron chi connectivity index (χ2n) is 5.98. The minimum absolute atomic E-state index is 0.0285. The van der Waals surface area contributed by atoms with Gasteiger partial charge < -0.3 is 15.7 Å². The summed E-state index contributed by atoms with van der Waals surface area (Å²) >= 11 is 0. The number of nitrogens with zero attached hydrogens (tertiary/aromatic N) is 1. The zero-order chi connectivity index (χ0) is 15.2. The van der Waals surface area contributed by atoms with Crippen molar-refractivity contribution in [3.05, 3.63) is 35.9 Å². The van der Waals surface area contributed by atoms with Gasteiger partial charge in [-0.2, -0.15) is 0 Å². The van der Waals surface area contributed by atoms with Crippen LogP contribution >= 0.6 is 0 Å². The molecule has 3 atom stereocenters. The highest BCUT2D eigenvalue weighted by atomic mass is 16.3. The fraction of sp³-hybridized carbons (Fsp3) is 0.588. The van der Waals surface area contributed by atoms with E-state index in [1.165, 1.54) is 0 Å². The van der Waals surface area contributed by atoms with Gasteiger partial charge in [0.25, 0.3) is 0 Å². The van der Waals surface area contributed by atoms with Crippen LogP contribution < -0.4 is 5.73 Å². The van der Waals surface area contributed by atoms with Crippen LogP contribution in [0.4, 0.5) is 0 Å². The molecule has 0 spiro atoms. The van der Waals surface area contributed by atoms with Crippen LogP contribution in [-0.4, -0.2) is 35.1 Å². The van der Waals surface area contributed by atoms with Gasteiger partial charge in [-0.25, -0.2) is 0 Å². The van der Waals surface area contributed by atoms with Crippen molar-refractivity contribution in [1.82, 2.24) is 4.90 Å². The van der Waals surface area contributed by atoms with E-state index in [-0.39, 0.29) is 24.1 Å². The number of hydrogen-bond acceptors (Lipinski definition) is 3. The lowest BCUT2D eigenvalue weighted by molar-refractivity contribution is -0.135. The molecule has 3 unspecified atom stereocenters. The molecule has 4 nitrogen and oxygen atoms in total. The maximum absolute atomic E-state index is 12.3. The van der Waals surface area contributed by atoms with E-state index >= 15 is 0 Å². The molecule has 1 saturated carbocycles. The van der Waals surface area contributed by atoms with E-state index < -0.39 is 0 Å². The molecule has 0 aliphatic heterocycles. The number of carbonyl (C=O) groups excluding carboxylic acids is 1. The molecule has 0 bridgehead atoms. The van der Waals surface area contributed by atoms with Crippen molar-refractivity contribution >= 4 is 5.91 Å². The van der Waals surface area contributed by atoms with Crippen LogP contribution in [0, 0.1) is 0 Å². The fourth-order valence-corrected chi connectivity index (χ4v) is 3.05. The predicted molar refractivity (Wildman–Crippen MR) is 83.6 cm³/mol. The Labute approximate surface area is 126 Å². The van der Waals surface area contributed by atoms with Crippen molar-refractivity contribution in [3.8, 4) is 0 Å². The van der Waals surface area contributed by atoms with E-state index in [0.717, 1.165) is 31.2 Å². The van der Waals surface area contributed by atoms with E-state index in [0.29, 0.717) is 12.8 Å². The predicted octanol–water partition coefficient (Wildman–Crippen LogP) is 2.23. The maximum Gasteiger partial charge on any atom is 0.222 e. The summed E-state index contributed by atoms with van der Waals surface area (Å²) in [6.45, 7) is 0. The Hall–Kier alpha value is -1.39. The third kappa shape index (κ3) is 4.29. The van der Waals surface area contributed by atoms with Crippen molar-refractivity contribution in [1.29, 1.82) is 0 Å². The van der Waals surface area contributed by atoms with Crippen LogP contribution in [0.1, 0.15) is 50.1 Å². The first kappa shape index (κ1) is 16.0. The molecule has 1 aliphatic rings. The summed E-state index contributed by atoms with van der Waals surface area (Å²) < 4.78 is 0. The first-order valence-corrected chi connectivity index (χ1v) is 7.84. The quantitative estimate of drug-likeness (QED) is 0.874. The summed E-state index contributed by atoms with van der Waals surface area (Å²) in [6, 6.07) is 9.72. The number of rotatable bonds is 5. The summed E-state index contributed by atoms with van der Waals surface area (Å²) in [5.41, 5.74) is 7.19. The van der Waals surface area contributed by atoms with Gasteiger partial charge >= 0.3 is 0 Å². The Kier molecular flexibility index (Phi) is 5.76. The molecular weight excluding hydrogens is 264 g/mol. The second kappa shape index (κ2) is 7.57. The zero-order valence-corrected chi connectivity index (χ0v) is 12.7. The lowest BCUT2D eigenvalue weighted by Crippen LogP contribution is -2.46. The number of aliphatic hydroxyl groups excluding tert-OH is 1. The first-order chi connectivity index (χ1) is 10.1. The van der Waals surface area contributed by atoms with E-state index in [9.17, 15) is 9.90 Å². The van der Waals surface area contributed by atoms with Crippen LogP contribution in [0.15, 0.2) is 30.3 Å². The SMILES string of the molecule is CN(C(=O)CCC(N)c1ccccc1)C1CCCCC1O. The van der Waals surface area contributed by atoms with Crippen molar-refractivity contribution in [2.24, 2.45) is 5.73 Å². The lowest BCUT2D eigenvalue weighted by atomic mass is 9.91. The smallest absolute Gasteiger partial charge is 0.222 e. The highest BCUT2D eigenvalue weighted by molar-refractivity contribution is 5.76. The first-order valence-electron chi connectivity index (χ1n) is 7.84. The average Bonchev–Trinajstić information content (AvgIpc) is 2.53. The second-order valence-corrected chi connectivity index (χ2v) is 5.98. The molecule has 21 heavy (non-hydrogen) atoms. The average molecular weight is 290 g/mol. The molecule has 1 aromatic carbocycles. The highest BCUT2D eigenvalue weighted by Crippen LogP contribution is 2.23. The molecule has 116 valence electrons. The number of amides is 1. The summed E-state index contributed by atoms with van der Waals surface area (Å²) in [4.78, 5) is 14.0. The Balaban J connectivity index is 1.83. The van der Waals surface area contributed by atoms with Crippen LogP contribution in [0.3, 0.4) is 0 Å². The van der Waals surface area contributed by atoms with Crippen LogP contribution in [-0.2, 0) is 4.79 Å². The number of carbonyl (C=O) groups is 1. The van der Waals surface area contributed by atoms with Crippen LogP contribution in [0.2, 0.25) is 0 Å². The Morgan fingerprint density at radius 3 is 2.67 bits per heavy atom. The number of likely N-dealkylation sites (N-methyl/N-ethyl adjacent to an activating group) is 1. The fourth-order valence-electron chi connectivity index (χ4n) is 3.05. The molecule has 1 aromatic rings. The van der Waals surface area contributed by atoms with Gasteiger partial charge in [-0.15, -0.1) is 0 Å². The Morgan fingerprint density at radius 2 is 2.00 bits per heavy atom. The van der Waals surface area contributed by atoms with Gasteiger partial charge in [-0.05, 0) is 24.8 Å². The van der Waals surface area contributed by atoms with E-state index in [4.69, 9.17) is 5.73 Å². The van der Waals surface area contributed by atoms with Crippen molar-refractivity contribution in [2.75, 3.05) is 7.05 Å². The van der Waals surface area contributed by atoms with E-state index in [2.05, 4.69) is 0 Å². The molecule has 0 aromatic heterocycles. The molecule has 0 saturated heterocycles. The van der Waals surface area contributed by atoms with Crippen molar-refractivity contribution in [2.45, 2.75) is 56.7 Å². The summed E-state index contributed by atoms with van der Waals surface area (Å²) in [5.74, 6) is 0.0762. The molecule has 1 amide bonds. The Morgan fingerprint density at radius 1 is 1.33 bits per heavy atom. The topological polar surface area (TPSA) is 66.6 Å². The number of benzene rings is 1. The monoisotopic (exact) mass is 290 g/mol. The summed E-state index contributed by atoms with van der Waals surface area (Å²) in [6.07, 6.45) is 4.52. The molecule has 0 radical (unpaired) electrons. The molecule has 0 heterocycles. The Bertz CT molecular complexity index is 449. The highest BCUT2D eigenvalue weighted by Gasteiger charge is 2.29. The molecule has 4 heteroatoms. The van der Waals surface area contributed by atoms with Crippen molar-refractivity contribution < 1.29 is 9.90 Å². The van der Waals surface area contributed by atoms with Gasteiger partial charge in [0.05, 0.1) is 12.1 Å². The molecule has 3 N–H and O–H groups in total. The van der Waals surface area contributed by atoms with E-state index in [1.54, 1.807) is 11.9 Å². The third-order valence-electron chi connectivity index (χ3n) is 4.48. The lowest BCUT2D eigenvalue weighted by Gasteiger charge is -2.35. The minimum atomic E-state index is -0.379. The number of nitrogens with two attached hydrogens (primary N) is 1. The number of hydrogen-bond donors (Lipinski definition) is 2. The third-order valence-corrected chi connectivity index (χ3v) is 4.48. The zero-order valence-electron chi connectivity index (χ0n) is 12.7. The minimum Gasteiger partial charge on any atom is -0.391 e. The van der Waals surface area contributed by atoms with Gasteiger partial charge in [-0.3, -0.25) is 4.79 Å². The van der Waals surface area contributed by atoms with E-state index in [1.807, 2.05) is 30.3 Å². The standard InChI is InChI=1S/C17H26N2O2/c1-19(15-9-5-6-10-16(15)20)17(21)12-11-14(18)13-7-3-2-4-8-13/h2-4,7-8,14-16,20H,5-6,9-12,18H2,1H3. The van der Waals surface area contributed by atoms with Crippen molar-refractivity contribution in [3.63, 3.8) is 0 Å². The maximum atomic E-state index is 12.3. The van der Waals surface area contributed by atoms with Gasteiger partial charge in [0.1, 0.15) is 0 Å². The van der Waals surface area contributed by atoms with Crippen LogP contribution in [0.25, 0.3) is 0 Å². The van der Waals surface area contributed by atoms with Gasteiger partial charge in [0, 0.05) is 19.5 Å². The molecule has 1 aliphatic carbocycles. The van der Waals surface area contributed by atoms with Gasteiger partial charge in [0.15, 0.2) is 0 Å². The van der Waals surface area contributed by atoms with Gasteiger partial charge in [-0.1, -0.05) is 43.2 Å². The molecular formula is C17H26N2O2. The summed E-state index contributed by atoms with van der Waals surface area (Å²) in [5, 5.41) is 10.0. The molecule has 2 rings (SSSR count). The largest absolute Gasteiger partial charge is 0.391 e. The summed E-state index contributed by atoms with van der Waals surface area (Å²) in [7, 11) is 1.80. The normalized spacial score (nSPS) is 23.6. The number of aliphatic hydroxyl groups is 1.